The summed E-state index contributed by atoms with van der Waals surface area (Å²) in [5, 5.41) is 3.52. The zero-order chi connectivity index (χ0) is 14.5. The number of rotatable bonds is 6. The van der Waals surface area contributed by atoms with Gasteiger partial charge in [0.15, 0.2) is 0 Å². The molecule has 2 heterocycles. The first kappa shape index (κ1) is 14.5. The fourth-order valence-corrected chi connectivity index (χ4v) is 3.57. The molecule has 0 aromatic carbocycles. The Bertz CT molecular complexity index is 450. The minimum Gasteiger partial charge on any atom is -0.365 e. The van der Waals surface area contributed by atoms with Gasteiger partial charge in [0.05, 0.1) is 18.1 Å². The molecule has 1 aliphatic heterocycles. The lowest BCUT2D eigenvalue weighted by atomic mass is 10.1. The van der Waals surface area contributed by atoms with Gasteiger partial charge in [0.2, 0.25) is 0 Å². The van der Waals surface area contributed by atoms with E-state index in [1.165, 1.54) is 45.2 Å². The van der Waals surface area contributed by atoms with E-state index in [2.05, 4.69) is 26.8 Å². The highest BCUT2D eigenvalue weighted by molar-refractivity contribution is 5.33. The van der Waals surface area contributed by atoms with Gasteiger partial charge in [-0.25, -0.2) is 4.98 Å². The topological polar surface area (TPSA) is 41.1 Å². The van der Waals surface area contributed by atoms with E-state index >= 15 is 0 Å². The van der Waals surface area contributed by atoms with Gasteiger partial charge >= 0.3 is 0 Å². The van der Waals surface area contributed by atoms with Crippen LogP contribution in [0.4, 0.5) is 5.82 Å². The molecule has 0 bridgehead atoms. The lowest BCUT2D eigenvalue weighted by molar-refractivity contribution is 0.278. The molecule has 3 rings (SSSR count). The van der Waals surface area contributed by atoms with Crippen molar-refractivity contribution in [1.82, 2.24) is 14.9 Å². The van der Waals surface area contributed by atoms with E-state index in [4.69, 9.17) is 0 Å². The van der Waals surface area contributed by atoms with Crippen molar-refractivity contribution in [2.45, 2.75) is 44.6 Å². The Kier molecular flexibility index (Phi) is 4.86. The van der Waals surface area contributed by atoms with Gasteiger partial charge in [-0.05, 0) is 25.2 Å². The second-order valence-corrected chi connectivity index (χ2v) is 6.43. The zero-order valence-electron chi connectivity index (χ0n) is 12.8. The molecule has 1 saturated heterocycles. The van der Waals surface area contributed by atoms with E-state index in [-0.39, 0.29) is 0 Å². The summed E-state index contributed by atoms with van der Waals surface area (Å²) in [6.07, 6.45) is 13.3. The van der Waals surface area contributed by atoms with E-state index in [0.717, 1.165) is 30.4 Å². The first-order valence-electron chi connectivity index (χ1n) is 8.24. The number of nitrogens with one attached hydrogen (secondary N) is 1. The van der Waals surface area contributed by atoms with Crippen molar-refractivity contribution < 1.29 is 0 Å². The minimum atomic E-state index is 0.519. The van der Waals surface area contributed by atoms with Gasteiger partial charge in [0.1, 0.15) is 5.82 Å². The second kappa shape index (κ2) is 7.03. The Morgan fingerprint density at radius 1 is 1.24 bits per heavy atom. The van der Waals surface area contributed by atoms with Crippen LogP contribution in [0.3, 0.4) is 0 Å². The fraction of sp³-hybridized carbons (Fsp3) is 0.647. The minimum absolute atomic E-state index is 0.519. The predicted octanol–water partition coefficient (Wildman–Crippen LogP) is 2.88. The SMILES string of the molecule is C=CCc1cnc(N[C@@H]2CCN(CC3CCCC3)C2)cn1. The van der Waals surface area contributed by atoms with Crippen LogP contribution in [0.25, 0.3) is 0 Å². The van der Waals surface area contributed by atoms with Crippen molar-refractivity contribution in [2.24, 2.45) is 5.92 Å². The van der Waals surface area contributed by atoms with Crippen LogP contribution < -0.4 is 5.32 Å². The summed E-state index contributed by atoms with van der Waals surface area (Å²) in [5.74, 6) is 1.84. The maximum atomic E-state index is 4.45. The molecule has 0 unspecified atom stereocenters. The van der Waals surface area contributed by atoms with Gasteiger partial charge < -0.3 is 10.2 Å². The Labute approximate surface area is 127 Å². The molecule has 21 heavy (non-hydrogen) atoms. The van der Waals surface area contributed by atoms with Crippen LogP contribution in [0.1, 0.15) is 37.8 Å². The molecule has 1 N–H and O–H groups in total. The molecule has 0 spiro atoms. The summed E-state index contributed by atoms with van der Waals surface area (Å²) in [6, 6.07) is 0.519. The van der Waals surface area contributed by atoms with Crippen LogP contribution in [0.5, 0.6) is 0 Å². The number of likely N-dealkylation sites (tertiary alicyclic amines) is 1. The van der Waals surface area contributed by atoms with Gasteiger partial charge in [-0.1, -0.05) is 18.9 Å². The highest BCUT2D eigenvalue weighted by Crippen LogP contribution is 2.27. The Morgan fingerprint density at radius 2 is 2.10 bits per heavy atom. The summed E-state index contributed by atoms with van der Waals surface area (Å²) in [5.41, 5.74) is 0.977. The average Bonchev–Trinajstić information content (AvgIpc) is 3.14. The third-order valence-corrected chi connectivity index (χ3v) is 4.67. The lowest BCUT2D eigenvalue weighted by Crippen LogP contribution is -2.30. The maximum Gasteiger partial charge on any atom is 0.144 e. The summed E-state index contributed by atoms with van der Waals surface area (Å²) in [6.45, 7) is 7.38. The molecule has 114 valence electrons. The molecular formula is C17H26N4. The molecule has 2 fully saturated rings. The molecule has 1 aromatic rings. The van der Waals surface area contributed by atoms with Crippen molar-refractivity contribution in [1.29, 1.82) is 0 Å². The predicted molar refractivity (Wildman–Crippen MR) is 86.4 cm³/mol. The van der Waals surface area contributed by atoms with E-state index in [0.29, 0.717) is 6.04 Å². The Morgan fingerprint density at radius 3 is 2.81 bits per heavy atom. The molecular weight excluding hydrogens is 260 g/mol. The van der Waals surface area contributed by atoms with Gasteiger partial charge in [-0.2, -0.15) is 0 Å². The van der Waals surface area contributed by atoms with E-state index in [1.54, 1.807) is 0 Å². The van der Waals surface area contributed by atoms with Crippen LogP contribution in [-0.4, -0.2) is 40.5 Å². The molecule has 2 aliphatic rings. The van der Waals surface area contributed by atoms with E-state index in [9.17, 15) is 0 Å². The third kappa shape index (κ3) is 4.03. The van der Waals surface area contributed by atoms with E-state index < -0.39 is 0 Å². The Balaban J connectivity index is 1.46. The van der Waals surface area contributed by atoms with Crippen molar-refractivity contribution in [3.63, 3.8) is 0 Å². The summed E-state index contributed by atoms with van der Waals surface area (Å²) < 4.78 is 0. The molecule has 0 radical (unpaired) electrons. The second-order valence-electron chi connectivity index (χ2n) is 6.43. The Hall–Kier alpha value is -1.42. The van der Waals surface area contributed by atoms with Crippen LogP contribution in [0.15, 0.2) is 25.0 Å². The summed E-state index contributed by atoms with van der Waals surface area (Å²) in [7, 11) is 0. The maximum absolute atomic E-state index is 4.45. The lowest BCUT2D eigenvalue weighted by Gasteiger charge is -2.20. The smallest absolute Gasteiger partial charge is 0.144 e. The highest BCUT2D eigenvalue weighted by Gasteiger charge is 2.26. The quantitative estimate of drug-likeness (QED) is 0.816. The number of allylic oxidation sites excluding steroid dienone is 1. The van der Waals surface area contributed by atoms with Gasteiger partial charge in [-0.15, -0.1) is 6.58 Å². The normalized spacial score (nSPS) is 23.5. The summed E-state index contributed by atoms with van der Waals surface area (Å²) in [4.78, 5) is 11.5. The van der Waals surface area contributed by atoms with Crippen LogP contribution in [0.2, 0.25) is 0 Å². The van der Waals surface area contributed by atoms with E-state index in [1.807, 2.05) is 18.5 Å². The molecule has 4 heteroatoms. The summed E-state index contributed by atoms with van der Waals surface area (Å²) >= 11 is 0. The van der Waals surface area contributed by atoms with Crippen LogP contribution in [0, 0.1) is 5.92 Å². The van der Waals surface area contributed by atoms with Crippen molar-refractivity contribution in [2.75, 3.05) is 25.0 Å². The largest absolute Gasteiger partial charge is 0.365 e. The standard InChI is InChI=1S/C17H26N4/c1-2-5-15-10-19-17(11-18-15)20-16-8-9-21(13-16)12-14-6-3-4-7-14/h2,10-11,14,16H,1,3-9,12-13H2,(H,19,20)/t16-/m1/s1. The number of anilines is 1. The van der Waals surface area contributed by atoms with Gasteiger partial charge in [0, 0.05) is 32.1 Å². The molecule has 1 aliphatic carbocycles. The van der Waals surface area contributed by atoms with Crippen molar-refractivity contribution >= 4 is 5.82 Å². The first-order chi connectivity index (χ1) is 10.3. The molecule has 1 aromatic heterocycles. The molecule has 4 nitrogen and oxygen atoms in total. The zero-order valence-corrected chi connectivity index (χ0v) is 12.8. The molecule has 1 atom stereocenters. The highest BCUT2D eigenvalue weighted by atomic mass is 15.2. The van der Waals surface area contributed by atoms with Crippen molar-refractivity contribution in [3.8, 4) is 0 Å². The van der Waals surface area contributed by atoms with Crippen LogP contribution >= 0.6 is 0 Å². The fourth-order valence-electron chi connectivity index (χ4n) is 3.57. The van der Waals surface area contributed by atoms with Gasteiger partial charge in [0.25, 0.3) is 0 Å². The molecule has 0 amide bonds. The first-order valence-corrected chi connectivity index (χ1v) is 8.24. The van der Waals surface area contributed by atoms with Crippen LogP contribution in [-0.2, 0) is 6.42 Å². The van der Waals surface area contributed by atoms with Crippen molar-refractivity contribution in [3.05, 3.63) is 30.7 Å². The number of aromatic nitrogens is 2. The average molecular weight is 286 g/mol. The number of hydrogen-bond acceptors (Lipinski definition) is 4. The van der Waals surface area contributed by atoms with Gasteiger partial charge in [-0.3, -0.25) is 4.98 Å². The number of nitrogens with zero attached hydrogens (tertiary/aromatic N) is 3. The molecule has 1 saturated carbocycles. The monoisotopic (exact) mass is 286 g/mol. The third-order valence-electron chi connectivity index (χ3n) is 4.67. The number of hydrogen-bond donors (Lipinski definition) is 1.